The molecule has 0 bridgehead atoms. The fraction of sp³-hybridized carbons (Fsp3) is 0.875. The second kappa shape index (κ2) is 17.4. The molecule has 1 fully saturated rings. The van der Waals surface area contributed by atoms with Gasteiger partial charge in [-0.1, -0.05) is 6.92 Å². The maximum absolute atomic E-state index is 12.4. The van der Waals surface area contributed by atoms with Gasteiger partial charge in [-0.3, -0.25) is 4.79 Å². The molecule has 1 unspecified atom stereocenters. The zero-order chi connectivity index (χ0) is 28.9. The van der Waals surface area contributed by atoms with Crippen LogP contribution in [0.3, 0.4) is 0 Å². The Kier molecular flexibility index (Phi) is 15.0. The molecule has 12 N–H and O–H groups in total. The van der Waals surface area contributed by atoms with E-state index < -0.39 is 67.2 Å². The Morgan fingerprint density at radius 2 is 2.00 bits per heavy atom. The SMILES string of the molecule is CC[C@@H](O)[C@H](OCCO)O[C@@H]1[C@@H](O)[C@H](O[C@@H]2CCC=C(CNCC(O)CO)O2)[C@@H](N)C[C@H]1NC(=O)[C@H](O)CN. The number of aliphatic hydroxyl groups is 6. The van der Waals surface area contributed by atoms with Crippen molar-refractivity contribution >= 4 is 5.91 Å². The van der Waals surface area contributed by atoms with Gasteiger partial charge in [-0.15, -0.1) is 0 Å². The van der Waals surface area contributed by atoms with Crippen molar-refractivity contribution in [2.75, 3.05) is 39.5 Å². The first kappa shape index (κ1) is 33.7. The average Bonchev–Trinajstić information content (AvgIpc) is 2.93. The number of aliphatic hydroxyl groups excluding tert-OH is 6. The van der Waals surface area contributed by atoms with Gasteiger partial charge in [0.05, 0.1) is 38.5 Å². The highest BCUT2D eigenvalue weighted by atomic mass is 16.7. The standard InChI is InChI=1S/C24H46N4O11/c1-2-17(32)24(36-7-6-29)39-22-16(28-23(35)18(33)9-25)8-15(26)21(20(22)34)38-19-5-3-4-14(37-19)11-27-10-13(31)12-30/h4,13,15-22,24,27,29-34H,2-3,5-12,25-26H2,1H3,(H,28,35)/t13?,15-,16+,17+,18+,19+,20-,21+,22-,24+/m0/s1. The minimum Gasteiger partial charge on any atom is -0.468 e. The van der Waals surface area contributed by atoms with Crippen LogP contribution in [-0.2, 0) is 23.7 Å². The van der Waals surface area contributed by atoms with Crippen molar-refractivity contribution in [1.29, 1.82) is 0 Å². The van der Waals surface area contributed by atoms with Crippen molar-refractivity contribution in [2.24, 2.45) is 11.5 Å². The van der Waals surface area contributed by atoms with Gasteiger partial charge in [-0.25, -0.2) is 0 Å². The fourth-order valence-electron chi connectivity index (χ4n) is 4.35. The van der Waals surface area contributed by atoms with Crippen LogP contribution in [0.25, 0.3) is 0 Å². The van der Waals surface area contributed by atoms with Crippen molar-refractivity contribution in [1.82, 2.24) is 10.6 Å². The fourth-order valence-corrected chi connectivity index (χ4v) is 4.35. The van der Waals surface area contributed by atoms with Crippen molar-refractivity contribution in [2.45, 2.75) is 93.9 Å². The summed E-state index contributed by atoms with van der Waals surface area (Å²) in [7, 11) is 0. The van der Waals surface area contributed by atoms with Gasteiger partial charge in [0.2, 0.25) is 5.91 Å². The first-order valence-electron chi connectivity index (χ1n) is 13.3. The van der Waals surface area contributed by atoms with Crippen molar-refractivity contribution in [3.63, 3.8) is 0 Å². The molecule has 0 aromatic rings. The Hall–Kier alpha value is -1.47. The summed E-state index contributed by atoms with van der Waals surface area (Å²) >= 11 is 0. The third-order valence-electron chi connectivity index (χ3n) is 6.52. The van der Waals surface area contributed by atoms with E-state index in [1.807, 2.05) is 6.08 Å². The average molecular weight is 567 g/mol. The number of ether oxygens (including phenoxy) is 4. The van der Waals surface area contributed by atoms with Crippen LogP contribution in [0.5, 0.6) is 0 Å². The first-order chi connectivity index (χ1) is 18.6. The monoisotopic (exact) mass is 566 g/mol. The van der Waals surface area contributed by atoms with Crippen molar-refractivity contribution in [3.05, 3.63) is 11.8 Å². The Labute approximate surface area is 228 Å². The van der Waals surface area contributed by atoms with E-state index >= 15 is 0 Å². The molecule has 0 saturated heterocycles. The molecule has 1 amide bonds. The van der Waals surface area contributed by atoms with Crippen LogP contribution >= 0.6 is 0 Å². The molecule has 0 aromatic heterocycles. The molecule has 0 aromatic carbocycles. The second-order valence-electron chi connectivity index (χ2n) is 9.66. The lowest BCUT2D eigenvalue weighted by Gasteiger charge is -2.45. The molecule has 1 aliphatic heterocycles. The highest BCUT2D eigenvalue weighted by Gasteiger charge is 2.48. The summed E-state index contributed by atoms with van der Waals surface area (Å²) in [4.78, 5) is 12.4. The number of rotatable bonds is 17. The second-order valence-corrected chi connectivity index (χ2v) is 9.66. The minimum atomic E-state index is -1.48. The maximum atomic E-state index is 12.4. The predicted molar refractivity (Wildman–Crippen MR) is 137 cm³/mol. The van der Waals surface area contributed by atoms with Crippen LogP contribution in [-0.4, -0.2) is 137 Å². The molecule has 39 heavy (non-hydrogen) atoms. The third-order valence-corrected chi connectivity index (χ3v) is 6.52. The number of hydrogen-bond donors (Lipinski definition) is 10. The molecule has 1 heterocycles. The highest BCUT2D eigenvalue weighted by molar-refractivity contribution is 5.81. The van der Waals surface area contributed by atoms with Gasteiger partial charge in [-0.05, 0) is 25.3 Å². The molecular formula is C24H46N4O11. The minimum absolute atomic E-state index is 0.0837. The van der Waals surface area contributed by atoms with Crippen LogP contribution in [0.1, 0.15) is 32.6 Å². The largest absolute Gasteiger partial charge is 0.468 e. The van der Waals surface area contributed by atoms with Gasteiger partial charge >= 0.3 is 0 Å². The number of nitrogens with one attached hydrogen (secondary N) is 2. The van der Waals surface area contributed by atoms with Gasteiger partial charge in [0.1, 0.15) is 36.3 Å². The quantitative estimate of drug-likeness (QED) is 0.0748. The summed E-state index contributed by atoms with van der Waals surface area (Å²) < 4.78 is 23.4. The van der Waals surface area contributed by atoms with E-state index in [1.54, 1.807) is 6.92 Å². The van der Waals surface area contributed by atoms with E-state index in [1.165, 1.54) is 0 Å². The van der Waals surface area contributed by atoms with E-state index in [0.717, 1.165) is 0 Å². The zero-order valence-corrected chi connectivity index (χ0v) is 22.3. The van der Waals surface area contributed by atoms with Crippen LogP contribution < -0.4 is 22.1 Å². The number of allylic oxidation sites excluding steroid dienone is 1. The Morgan fingerprint density at radius 3 is 2.64 bits per heavy atom. The van der Waals surface area contributed by atoms with Gasteiger partial charge in [0.25, 0.3) is 0 Å². The van der Waals surface area contributed by atoms with Crippen LogP contribution in [0.15, 0.2) is 11.8 Å². The molecule has 2 aliphatic rings. The van der Waals surface area contributed by atoms with E-state index in [9.17, 15) is 25.2 Å². The summed E-state index contributed by atoms with van der Waals surface area (Å²) in [5.41, 5.74) is 11.7. The molecule has 2 rings (SSSR count). The molecule has 10 atom stereocenters. The number of carbonyl (C=O) groups excluding carboxylic acids is 1. The summed E-state index contributed by atoms with van der Waals surface area (Å²) in [5.74, 6) is -0.213. The zero-order valence-electron chi connectivity index (χ0n) is 22.3. The van der Waals surface area contributed by atoms with Crippen molar-refractivity contribution < 1.29 is 54.4 Å². The molecule has 0 spiro atoms. The summed E-state index contributed by atoms with van der Waals surface area (Å²) in [6.07, 6.45) is -5.76. The maximum Gasteiger partial charge on any atom is 0.250 e. The lowest BCUT2D eigenvalue weighted by Crippen LogP contribution is -2.66. The van der Waals surface area contributed by atoms with Gasteiger partial charge < -0.3 is 71.7 Å². The Morgan fingerprint density at radius 1 is 1.26 bits per heavy atom. The summed E-state index contributed by atoms with van der Waals surface area (Å²) in [5, 5.41) is 64.8. The molecule has 1 saturated carbocycles. The molecule has 1 aliphatic carbocycles. The summed E-state index contributed by atoms with van der Waals surface area (Å²) in [6, 6.07) is -1.67. The van der Waals surface area contributed by atoms with Crippen molar-refractivity contribution in [3.8, 4) is 0 Å². The van der Waals surface area contributed by atoms with Crippen LogP contribution in [0.2, 0.25) is 0 Å². The Bertz CT molecular complexity index is 749. The van der Waals surface area contributed by atoms with E-state index in [-0.39, 0.29) is 52.3 Å². The lowest BCUT2D eigenvalue weighted by atomic mass is 9.83. The lowest BCUT2D eigenvalue weighted by molar-refractivity contribution is -0.269. The number of hydrogen-bond acceptors (Lipinski definition) is 14. The molecule has 15 nitrogen and oxygen atoms in total. The van der Waals surface area contributed by atoms with Gasteiger partial charge in [0, 0.05) is 25.6 Å². The topological polar surface area (TPSA) is 251 Å². The normalized spacial score (nSPS) is 30.5. The van der Waals surface area contributed by atoms with Gasteiger partial charge in [-0.2, -0.15) is 0 Å². The van der Waals surface area contributed by atoms with Crippen LogP contribution in [0.4, 0.5) is 0 Å². The van der Waals surface area contributed by atoms with E-state index in [2.05, 4.69) is 10.6 Å². The van der Waals surface area contributed by atoms with Crippen LogP contribution in [0, 0.1) is 0 Å². The van der Waals surface area contributed by atoms with E-state index in [0.29, 0.717) is 18.6 Å². The summed E-state index contributed by atoms with van der Waals surface area (Å²) in [6.45, 7) is 1.01. The molecular weight excluding hydrogens is 520 g/mol. The number of amides is 1. The number of nitrogens with two attached hydrogens (primary N) is 2. The molecule has 0 radical (unpaired) electrons. The Balaban J connectivity index is 2.15. The van der Waals surface area contributed by atoms with E-state index in [4.69, 9.17) is 40.6 Å². The first-order valence-corrected chi connectivity index (χ1v) is 13.3. The molecule has 15 heteroatoms. The third kappa shape index (κ3) is 10.5. The highest BCUT2D eigenvalue weighted by Crippen LogP contribution is 2.30. The van der Waals surface area contributed by atoms with Gasteiger partial charge in [0.15, 0.2) is 12.6 Å². The molecule has 228 valence electrons. The smallest absolute Gasteiger partial charge is 0.250 e. The predicted octanol–water partition coefficient (Wildman–Crippen LogP) is -4.28. The number of carbonyl (C=O) groups is 1.